The molecule has 0 aliphatic carbocycles. The second-order valence-electron chi connectivity index (χ2n) is 4.61. The Morgan fingerprint density at radius 2 is 1.93 bits per heavy atom. The van der Waals surface area contributed by atoms with E-state index in [9.17, 15) is 4.39 Å². The van der Waals surface area contributed by atoms with Crippen molar-refractivity contribution in [2.24, 2.45) is 5.73 Å². The maximum absolute atomic E-state index is 13.4. The van der Waals surface area contributed by atoms with Crippen LogP contribution in [0.2, 0.25) is 0 Å². The zero-order valence-corrected chi connectivity index (χ0v) is 9.59. The highest BCUT2D eigenvalue weighted by molar-refractivity contribution is 5.24. The van der Waals surface area contributed by atoms with E-state index in [-0.39, 0.29) is 0 Å². The third kappa shape index (κ3) is 4.93. The summed E-state index contributed by atoms with van der Waals surface area (Å²) in [6.07, 6.45) is 2.45. The average Bonchev–Trinajstić information content (AvgIpc) is 2.12. The smallest absolute Gasteiger partial charge is 0.109 e. The molecule has 0 aliphatic heterocycles. The van der Waals surface area contributed by atoms with E-state index in [0.717, 1.165) is 18.4 Å². The molecule has 0 amide bonds. The minimum Gasteiger partial charge on any atom is -0.330 e. The van der Waals surface area contributed by atoms with Gasteiger partial charge < -0.3 is 5.73 Å². The van der Waals surface area contributed by atoms with Crippen LogP contribution in [-0.2, 0) is 12.8 Å². The van der Waals surface area contributed by atoms with Crippen LogP contribution in [0.5, 0.6) is 0 Å². The lowest BCUT2D eigenvalue weighted by atomic mass is 9.97. The van der Waals surface area contributed by atoms with Gasteiger partial charge in [0.05, 0.1) is 0 Å². The van der Waals surface area contributed by atoms with Gasteiger partial charge in [0.1, 0.15) is 5.67 Å². The fourth-order valence-corrected chi connectivity index (χ4v) is 1.69. The summed E-state index contributed by atoms with van der Waals surface area (Å²) in [6, 6.07) is 8.13. The monoisotopic (exact) mass is 209 g/mol. The number of benzene rings is 1. The lowest BCUT2D eigenvalue weighted by molar-refractivity contribution is 0.217. The predicted octanol–water partition coefficient (Wildman–Crippen LogP) is 2.87. The molecule has 0 fully saturated rings. The van der Waals surface area contributed by atoms with Crippen molar-refractivity contribution in [2.75, 3.05) is 6.54 Å². The summed E-state index contributed by atoms with van der Waals surface area (Å²) in [5.74, 6) is 0. The first-order valence-corrected chi connectivity index (χ1v) is 5.48. The first-order valence-electron chi connectivity index (χ1n) is 5.48. The minimum atomic E-state index is -1.13. The van der Waals surface area contributed by atoms with Gasteiger partial charge in [0.25, 0.3) is 0 Å². The Bertz CT molecular complexity index is 302. The van der Waals surface area contributed by atoms with E-state index in [0.29, 0.717) is 13.0 Å². The molecule has 1 aromatic carbocycles. The molecule has 0 aliphatic rings. The summed E-state index contributed by atoms with van der Waals surface area (Å²) >= 11 is 0. The van der Waals surface area contributed by atoms with E-state index < -0.39 is 5.67 Å². The van der Waals surface area contributed by atoms with Gasteiger partial charge in [-0.3, -0.25) is 0 Å². The van der Waals surface area contributed by atoms with Gasteiger partial charge in [0, 0.05) is 6.42 Å². The first kappa shape index (κ1) is 12.2. The Balaban J connectivity index is 2.66. The standard InChI is InChI=1S/C13H20FN/c1-13(2,14)10-12-6-3-5-11(9-12)7-4-8-15/h3,5-6,9H,4,7-8,10,15H2,1-2H3. The molecule has 2 N–H and O–H groups in total. The SMILES string of the molecule is CC(C)(F)Cc1cccc(CCCN)c1. The molecule has 2 heteroatoms. The van der Waals surface area contributed by atoms with Crippen molar-refractivity contribution in [1.29, 1.82) is 0 Å². The molecule has 0 saturated heterocycles. The molecule has 15 heavy (non-hydrogen) atoms. The van der Waals surface area contributed by atoms with Gasteiger partial charge in [-0.25, -0.2) is 4.39 Å². The maximum atomic E-state index is 13.4. The van der Waals surface area contributed by atoms with Crippen LogP contribution < -0.4 is 5.73 Å². The lowest BCUT2D eigenvalue weighted by Crippen LogP contribution is -2.15. The molecule has 0 bridgehead atoms. The number of hydrogen-bond donors (Lipinski definition) is 1. The van der Waals surface area contributed by atoms with Crippen molar-refractivity contribution in [3.8, 4) is 0 Å². The van der Waals surface area contributed by atoms with Crippen LogP contribution in [0, 0.1) is 0 Å². The largest absolute Gasteiger partial charge is 0.330 e. The highest BCUT2D eigenvalue weighted by atomic mass is 19.1. The molecule has 0 unspecified atom stereocenters. The van der Waals surface area contributed by atoms with Gasteiger partial charge in [-0.1, -0.05) is 24.3 Å². The van der Waals surface area contributed by atoms with E-state index in [1.54, 1.807) is 13.8 Å². The normalized spacial score (nSPS) is 11.7. The molecule has 0 radical (unpaired) electrons. The highest BCUT2D eigenvalue weighted by Gasteiger charge is 2.15. The van der Waals surface area contributed by atoms with E-state index in [1.807, 2.05) is 12.1 Å². The molecule has 1 aromatic rings. The first-order chi connectivity index (χ1) is 7.01. The second-order valence-corrected chi connectivity index (χ2v) is 4.61. The van der Waals surface area contributed by atoms with E-state index in [2.05, 4.69) is 12.1 Å². The Morgan fingerprint density at radius 3 is 2.53 bits per heavy atom. The molecule has 0 heterocycles. The van der Waals surface area contributed by atoms with Gasteiger partial charge >= 0.3 is 0 Å². The van der Waals surface area contributed by atoms with E-state index >= 15 is 0 Å². The van der Waals surface area contributed by atoms with Gasteiger partial charge in [0.15, 0.2) is 0 Å². The number of aryl methyl sites for hydroxylation is 1. The highest BCUT2D eigenvalue weighted by Crippen LogP contribution is 2.17. The van der Waals surface area contributed by atoms with Crippen molar-refractivity contribution in [3.63, 3.8) is 0 Å². The van der Waals surface area contributed by atoms with Crippen LogP contribution >= 0.6 is 0 Å². The molecule has 0 spiro atoms. The van der Waals surface area contributed by atoms with Crippen molar-refractivity contribution < 1.29 is 4.39 Å². The van der Waals surface area contributed by atoms with E-state index in [4.69, 9.17) is 5.73 Å². The zero-order valence-electron chi connectivity index (χ0n) is 9.59. The van der Waals surface area contributed by atoms with Crippen LogP contribution in [0.4, 0.5) is 4.39 Å². The fourth-order valence-electron chi connectivity index (χ4n) is 1.69. The average molecular weight is 209 g/mol. The second kappa shape index (κ2) is 5.26. The van der Waals surface area contributed by atoms with Crippen LogP contribution in [-0.4, -0.2) is 12.2 Å². The molecule has 84 valence electrons. The number of rotatable bonds is 5. The number of halogens is 1. The fraction of sp³-hybridized carbons (Fsp3) is 0.538. The lowest BCUT2D eigenvalue weighted by Gasteiger charge is -2.14. The van der Waals surface area contributed by atoms with Gasteiger partial charge in [-0.15, -0.1) is 0 Å². The van der Waals surface area contributed by atoms with Crippen LogP contribution in [0.25, 0.3) is 0 Å². The van der Waals surface area contributed by atoms with Crippen molar-refractivity contribution in [1.82, 2.24) is 0 Å². The zero-order chi connectivity index (χ0) is 11.3. The van der Waals surface area contributed by atoms with Crippen LogP contribution in [0.3, 0.4) is 0 Å². The minimum absolute atomic E-state index is 0.476. The predicted molar refractivity (Wildman–Crippen MR) is 62.7 cm³/mol. The van der Waals surface area contributed by atoms with Gasteiger partial charge in [-0.05, 0) is 44.4 Å². The third-order valence-corrected chi connectivity index (χ3v) is 2.29. The number of hydrogen-bond acceptors (Lipinski definition) is 1. The van der Waals surface area contributed by atoms with Crippen molar-refractivity contribution in [2.45, 2.75) is 38.8 Å². The molecule has 0 aromatic heterocycles. The van der Waals surface area contributed by atoms with Crippen molar-refractivity contribution >= 4 is 0 Å². The van der Waals surface area contributed by atoms with Crippen LogP contribution in [0.15, 0.2) is 24.3 Å². The topological polar surface area (TPSA) is 26.0 Å². The van der Waals surface area contributed by atoms with Gasteiger partial charge in [0.2, 0.25) is 0 Å². The molecular weight excluding hydrogens is 189 g/mol. The van der Waals surface area contributed by atoms with E-state index in [1.165, 1.54) is 5.56 Å². The Labute approximate surface area is 91.5 Å². The Morgan fingerprint density at radius 1 is 1.27 bits per heavy atom. The quantitative estimate of drug-likeness (QED) is 0.793. The summed E-state index contributed by atoms with van der Waals surface area (Å²) in [7, 11) is 0. The summed E-state index contributed by atoms with van der Waals surface area (Å²) in [4.78, 5) is 0. The molecule has 1 rings (SSSR count). The summed E-state index contributed by atoms with van der Waals surface area (Å²) < 4.78 is 13.4. The summed E-state index contributed by atoms with van der Waals surface area (Å²) in [6.45, 7) is 3.93. The van der Waals surface area contributed by atoms with Gasteiger partial charge in [-0.2, -0.15) is 0 Å². The maximum Gasteiger partial charge on any atom is 0.109 e. The van der Waals surface area contributed by atoms with Crippen molar-refractivity contribution in [3.05, 3.63) is 35.4 Å². The Hall–Kier alpha value is -0.890. The summed E-state index contributed by atoms with van der Waals surface area (Å²) in [5, 5.41) is 0. The Kier molecular flexibility index (Phi) is 4.28. The van der Waals surface area contributed by atoms with Crippen LogP contribution in [0.1, 0.15) is 31.4 Å². The molecule has 1 nitrogen and oxygen atoms in total. The number of alkyl halides is 1. The summed E-state index contributed by atoms with van der Waals surface area (Å²) in [5.41, 5.74) is 6.64. The molecule has 0 saturated carbocycles. The molecule has 0 atom stereocenters. The number of nitrogens with two attached hydrogens (primary N) is 1. The third-order valence-electron chi connectivity index (χ3n) is 2.29. The molecular formula is C13H20FN.